The van der Waals surface area contributed by atoms with Crippen molar-refractivity contribution in [2.45, 2.75) is 4.90 Å². The van der Waals surface area contributed by atoms with Gasteiger partial charge in [0, 0.05) is 7.05 Å². The van der Waals surface area contributed by atoms with Crippen LogP contribution in [0, 0.1) is 0 Å². The van der Waals surface area contributed by atoms with E-state index in [4.69, 9.17) is 15.2 Å². The molecule has 0 radical (unpaired) electrons. The highest BCUT2D eigenvalue weighted by atomic mass is 32.2. The van der Waals surface area contributed by atoms with E-state index in [0.717, 1.165) is 17.0 Å². The van der Waals surface area contributed by atoms with Crippen molar-refractivity contribution in [2.24, 2.45) is 5.73 Å². The summed E-state index contributed by atoms with van der Waals surface area (Å²) < 4.78 is 41.2. The number of sulfone groups is 1. The standard InChI is InChI=1S/C20H22N2O8S/c1-22(16-14(28-2)6-5-7-15(16)29-3)19(24)17(18(21)23)31(26,27)13-10-8-12(9-11-13)20(25)30-4/h5-11,24H,1-4H3,(H2,21,23)/b19-17-. The summed E-state index contributed by atoms with van der Waals surface area (Å²) in [6.45, 7) is 0. The number of carbonyl (C=O) groups is 2. The molecule has 31 heavy (non-hydrogen) atoms. The van der Waals surface area contributed by atoms with E-state index in [1.54, 1.807) is 18.2 Å². The Hall–Kier alpha value is -3.73. The zero-order chi connectivity index (χ0) is 23.3. The fraction of sp³-hybridized carbons (Fsp3) is 0.200. The number of rotatable bonds is 8. The second-order valence-corrected chi connectivity index (χ2v) is 7.99. The fourth-order valence-corrected chi connectivity index (χ4v) is 4.16. The molecule has 0 saturated heterocycles. The van der Waals surface area contributed by atoms with E-state index in [1.807, 2.05) is 0 Å². The van der Waals surface area contributed by atoms with Crippen molar-refractivity contribution in [3.8, 4) is 11.5 Å². The fourth-order valence-electron chi connectivity index (χ4n) is 2.79. The van der Waals surface area contributed by atoms with Crippen LogP contribution in [0.3, 0.4) is 0 Å². The number of carbonyl (C=O) groups excluding carboxylic acids is 2. The summed E-state index contributed by atoms with van der Waals surface area (Å²) in [7, 11) is 0.687. The number of ether oxygens (including phenoxy) is 3. The topological polar surface area (TPSA) is 145 Å². The van der Waals surface area contributed by atoms with Gasteiger partial charge in [-0.2, -0.15) is 0 Å². The minimum absolute atomic E-state index is 0.103. The lowest BCUT2D eigenvalue weighted by Crippen LogP contribution is -2.29. The molecule has 0 spiro atoms. The van der Waals surface area contributed by atoms with Gasteiger partial charge in [0.25, 0.3) is 5.91 Å². The summed E-state index contributed by atoms with van der Waals surface area (Å²) in [5.74, 6) is -2.49. The third kappa shape index (κ3) is 4.56. The van der Waals surface area contributed by atoms with E-state index in [0.29, 0.717) is 0 Å². The Kier molecular flexibility index (Phi) is 7.13. The number of hydrogen-bond donors (Lipinski definition) is 2. The van der Waals surface area contributed by atoms with Crippen LogP contribution in [0.1, 0.15) is 10.4 Å². The summed E-state index contributed by atoms with van der Waals surface area (Å²) >= 11 is 0. The number of nitrogens with zero attached hydrogens (tertiary/aromatic N) is 1. The second-order valence-electron chi connectivity index (χ2n) is 6.11. The van der Waals surface area contributed by atoms with Gasteiger partial charge in [0.15, 0.2) is 4.91 Å². The lowest BCUT2D eigenvalue weighted by atomic mass is 10.2. The van der Waals surface area contributed by atoms with Crippen LogP contribution >= 0.6 is 0 Å². The molecule has 0 aliphatic heterocycles. The number of methoxy groups -OCH3 is 3. The Morgan fingerprint density at radius 3 is 1.90 bits per heavy atom. The molecule has 0 bridgehead atoms. The lowest BCUT2D eigenvalue weighted by Gasteiger charge is -2.24. The minimum atomic E-state index is -4.56. The van der Waals surface area contributed by atoms with E-state index >= 15 is 0 Å². The van der Waals surface area contributed by atoms with Crippen molar-refractivity contribution >= 4 is 27.4 Å². The number of esters is 1. The number of amides is 1. The first-order valence-corrected chi connectivity index (χ1v) is 10.2. The molecule has 11 heteroatoms. The van der Waals surface area contributed by atoms with E-state index in [-0.39, 0.29) is 27.6 Å². The van der Waals surface area contributed by atoms with Gasteiger partial charge in [-0.3, -0.25) is 4.79 Å². The molecule has 0 atom stereocenters. The second kappa shape index (κ2) is 9.39. The van der Waals surface area contributed by atoms with Crippen molar-refractivity contribution in [1.82, 2.24) is 0 Å². The first kappa shape index (κ1) is 23.5. The molecule has 1 amide bonds. The number of aliphatic hydroxyl groups is 1. The van der Waals surface area contributed by atoms with Gasteiger partial charge >= 0.3 is 5.97 Å². The summed E-state index contributed by atoms with van der Waals surface area (Å²) in [5.41, 5.74) is 5.59. The Bertz CT molecular complexity index is 1100. The summed E-state index contributed by atoms with van der Waals surface area (Å²) in [5, 5.41) is 10.8. The zero-order valence-electron chi connectivity index (χ0n) is 17.3. The van der Waals surface area contributed by atoms with E-state index in [9.17, 15) is 23.1 Å². The molecular formula is C20H22N2O8S. The van der Waals surface area contributed by atoms with Crippen molar-refractivity contribution < 1.29 is 37.3 Å². The molecule has 0 heterocycles. The lowest BCUT2D eigenvalue weighted by molar-refractivity contribution is -0.114. The normalized spacial score (nSPS) is 11.9. The third-order valence-electron chi connectivity index (χ3n) is 4.34. The van der Waals surface area contributed by atoms with Gasteiger partial charge in [-0.05, 0) is 36.4 Å². The molecule has 0 aliphatic rings. The summed E-state index contributed by atoms with van der Waals surface area (Å²) in [4.78, 5) is 23.3. The van der Waals surface area contributed by atoms with Gasteiger partial charge in [0.1, 0.15) is 17.2 Å². The van der Waals surface area contributed by atoms with Crippen molar-refractivity contribution in [3.05, 3.63) is 58.8 Å². The van der Waals surface area contributed by atoms with Gasteiger partial charge in [-0.25, -0.2) is 13.2 Å². The molecule has 2 aromatic carbocycles. The van der Waals surface area contributed by atoms with Gasteiger partial charge in [0.05, 0.1) is 31.8 Å². The zero-order valence-corrected chi connectivity index (χ0v) is 18.1. The molecule has 10 nitrogen and oxygen atoms in total. The maximum absolute atomic E-state index is 13.1. The van der Waals surface area contributed by atoms with Crippen LogP contribution in [0.5, 0.6) is 11.5 Å². The largest absolute Gasteiger partial charge is 0.494 e. The molecule has 0 saturated carbocycles. The first-order valence-electron chi connectivity index (χ1n) is 8.71. The SMILES string of the molecule is COC(=O)c1ccc(S(=O)(=O)/C(C(N)=O)=C(\O)N(C)c2c(OC)cccc2OC)cc1. The predicted octanol–water partition coefficient (Wildman–Crippen LogP) is 1.61. The number of benzene rings is 2. The van der Waals surface area contributed by atoms with Gasteiger partial charge in [0.2, 0.25) is 15.7 Å². The Morgan fingerprint density at radius 2 is 1.48 bits per heavy atom. The molecular weight excluding hydrogens is 428 g/mol. The number of hydrogen-bond acceptors (Lipinski definition) is 9. The van der Waals surface area contributed by atoms with Crippen LogP contribution < -0.4 is 20.1 Å². The molecule has 166 valence electrons. The van der Waals surface area contributed by atoms with Crippen LogP contribution in [-0.2, 0) is 19.4 Å². The number of anilines is 1. The number of para-hydroxylation sites is 1. The van der Waals surface area contributed by atoms with Crippen LogP contribution in [-0.4, -0.2) is 53.8 Å². The number of aliphatic hydroxyl groups excluding tert-OH is 1. The third-order valence-corrected chi connectivity index (χ3v) is 6.15. The summed E-state index contributed by atoms with van der Waals surface area (Å²) in [6, 6.07) is 9.37. The highest BCUT2D eigenvalue weighted by molar-refractivity contribution is 7.96. The predicted molar refractivity (Wildman–Crippen MR) is 112 cm³/mol. The Labute approximate surface area is 179 Å². The van der Waals surface area contributed by atoms with Crippen LogP contribution in [0.25, 0.3) is 0 Å². The molecule has 2 rings (SSSR count). The first-order chi connectivity index (χ1) is 14.6. The smallest absolute Gasteiger partial charge is 0.337 e. The Balaban J connectivity index is 2.66. The monoisotopic (exact) mass is 450 g/mol. The van der Waals surface area contributed by atoms with Crippen LogP contribution in [0.4, 0.5) is 5.69 Å². The molecule has 0 aliphatic carbocycles. The number of primary amides is 1. The van der Waals surface area contributed by atoms with E-state index in [1.165, 1.54) is 40.5 Å². The molecule has 3 N–H and O–H groups in total. The van der Waals surface area contributed by atoms with Crippen LogP contribution in [0.2, 0.25) is 0 Å². The highest BCUT2D eigenvalue weighted by Gasteiger charge is 2.33. The molecule has 2 aromatic rings. The van der Waals surface area contributed by atoms with Crippen molar-refractivity contribution in [2.75, 3.05) is 33.3 Å². The van der Waals surface area contributed by atoms with Crippen molar-refractivity contribution in [3.63, 3.8) is 0 Å². The van der Waals surface area contributed by atoms with E-state index in [2.05, 4.69) is 4.74 Å². The van der Waals surface area contributed by atoms with Gasteiger partial charge in [-0.1, -0.05) is 6.07 Å². The maximum Gasteiger partial charge on any atom is 0.337 e. The quantitative estimate of drug-likeness (QED) is 0.348. The molecule has 0 fully saturated rings. The van der Waals surface area contributed by atoms with Gasteiger partial charge in [-0.15, -0.1) is 0 Å². The van der Waals surface area contributed by atoms with Gasteiger partial charge < -0.3 is 30.0 Å². The minimum Gasteiger partial charge on any atom is -0.494 e. The van der Waals surface area contributed by atoms with E-state index < -0.39 is 32.5 Å². The average Bonchev–Trinajstić information content (AvgIpc) is 2.76. The maximum atomic E-state index is 13.1. The average molecular weight is 450 g/mol. The highest BCUT2D eigenvalue weighted by Crippen LogP contribution is 2.39. The van der Waals surface area contributed by atoms with Crippen LogP contribution in [0.15, 0.2) is 58.1 Å². The molecule has 0 aromatic heterocycles. The Morgan fingerprint density at radius 1 is 0.968 bits per heavy atom. The summed E-state index contributed by atoms with van der Waals surface area (Å²) in [6.07, 6.45) is 0. The molecule has 0 unspecified atom stereocenters. The number of nitrogens with two attached hydrogens (primary N) is 1. The van der Waals surface area contributed by atoms with Crippen molar-refractivity contribution in [1.29, 1.82) is 0 Å².